The van der Waals surface area contributed by atoms with Crippen molar-refractivity contribution in [2.75, 3.05) is 0 Å². The largest absolute Gasteiger partial charge is 0.313 e. The molecule has 196 valence electrons. The topological polar surface area (TPSA) is 28.7 Å². The van der Waals surface area contributed by atoms with Gasteiger partial charge in [-0.15, -0.1) is 0 Å². The SMILES string of the molecule is Cc1ccc(C2(c3ccc4c(c3)c3c(n4-c4ccccc4)CCC=C3)C3=C(C=C(C#N)CC3)c3ccccc32)cc1. The Bertz CT molecular complexity index is 1990. The number of aryl methyl sites for hydroxylation is 1. The van der Waals surface area contributed by atoms with Gasteiger partial charge in [0, 0.05) is 27.9 Å². The molecule has 4 aromatic carbocycles. The number of fused-ring (bicyclic) bond motifs is 5. The van der Waals surface area contributed by atoms with Crippen molar-refractivity contribution >= 4 is 22.6 Å². The van der Waals surface area contributed by atoms with Crippen molar-refractivity contribution in [2.24, 2.45) is 0 Å². The molecular weight excluding hydrogens is 496 g/mol. The van der Waals surface area contributed by atoms with Crippen molar-refractivity contribution in [3.05, 3.63) is 159 Å². The van der Waals surface area contributed by atoms with Crippen LogP contribution in [0, 0.1) is 18.3 Å². The van der Waals surface area contributed by atoms with Gasteiger partial charge in [-0.25, -0.2) is 0 Å². The first-order valence-electron chi connectivity index (χ1n) is 14.6. The summed E-state index contributed by atoms with van der Waals surface area (Å²) in [4.78, 5) is 0. The molecule has 0 bridgehead atoms. The fourth-order valence-corrected chi connectivity index (χ4v) is 7.61. The summed E-state index contributed by atoms with van der Waals surface area (Å²) in [6.45, 7) is 2.16. The minimum absolute atomic E-state index is 0.411. The van der Waals surface area contributed by atoms with Crippen LogP contribution >= 0.6 is 0 Å². The lowest BCUT2D eigenvalue weighted by Crippen LogP contribution is -2.30. The van der Waals surface area contributed by atoms with E-state index in [0.29, 0.717) is 0 Å². The lowest BCUT2D eigenvalue weighted by Gasteiger charge is -2.37. The monoisotopic (exact) mass is 526 g/mol. The Morgan fingerprint density at radius 1 is 0.805 bits per heavy atom. The number of benzene rings is 4. The second kappa shape index (κ2) is 9.08. The molecule has 0 fully saturated rings. The maximum absolute atomic E-state index is 9.83. The summed E-state index contributed by atoms with van der Waals surface area (Å²) in [6, 6.07) is 38.4. The van der Waals surface area contributed by atoms with Crippen molar-refractivity contribution in [2.45, 2.75) is 38.0 Å². The number of nitriles is 1. The Hall–Kier alpha value is -4.87. The van der Waals surface area contributed by atoms with Crippen LogP contribution in [0.25, 0.3) is 28.2 Å². The van der Waals surface area contributed by atoms with E-state index in [-0.39, 0.29) is 0 Å². The van der Waals surface area contributed by atoms with E-state index in [9.17, 15) is 5.26 Å². The van der Waals surface area contributed by atoms with Crippen LogP contribution in [0.1, 0.15) is 58.3 Å². The molecule has 0 N–H and O–H groups in total. The lowest BCUT2D eigenvalue weighted by molar-refractivity contribution is 0.693. The van der Waals surface area contributed by atoms with Gasteiger partial charge in [-0.1, -0.05) is 90.5 Å². The summed E-state index contributed by atoms with van der Waals surface area (Å²) in [5, 5.41) is 11.1. The Kier molecular flexibility index (Phi) is 5.31. The minimum Gasteiger partial charge on any atom is -0.313 e. The van der Waals surface area contributed by atoms with E-state index in [1.807, 2.05) is 0 Å². The molecule has 3 aliphatic rings. The molecule has 0 amide bonds. The highest BCUT2D eigenvalue weighted by molar-refractivity contribution is 5.96. The van der Waals surface area contributed by atoms with Crippen molar-refractivity contribution < 1.29 is 0 Å². The van der Waals surface area contributed by atoms with Gasteiger partial charge in [0.15, 0.2) is 0 Å². The molecule has 0 spiro atoms. The smallest absolute Gasteiger partial charge is 0.0947 e. The third-order valence-electron chi connectivity index (χ3n) is 9.38. The summed E-state index contributed by atoms with van der Waals surface area (Å²) < 4.78 is 2.46. The van der Waals surface area contributed by atoms with Crippen LogP contribution in [0.4, 0.5) is 0 Å². The molecule has 1 atom stereocenters. The summed E-state index contributed by atoms with van der Waals surface area (Å²) in [7, 11) is 0. The molecule has 3 aliphatic carbocycles. The van der Waals surface area contributed by atoms with Gasteiger partial charge < -0.3 is 4.57 Å². The number of rotatable bonds is 3. The quantitative estimate of drug-likeness (QED) is 0.230. The molecule has 5 aromatic rings. The molecule has 0 radical (unpaired) electrons. The molecule has 1 aromatic heterocycles. The van der Waals surface area contributed by atoms with Gasteiger partial charge in [-0.3, -0.25) is 0 Å². The molecule has 8 rings (SSSR count). The molecule has 41 heavy (non-hydrogen) atoms. The average molecular weight is 527 g/mol. The first-order chi connectivity index (χ1) is 20.2. The highest BCUT2D eigenvalue weighted by Crippen LogP contribution is 2.58. The van der Waals surface area contributed by atoms with Gasteiger partial charge in [-0.05, 0) is 96.3 Å². The van der Waals surface area contributed by atoms with Crippen molar-refractivity contribution in [3.8, 4) is 11.8 Å². The number of hydrogen-bond acceptors (Lipinski definition) is 1. The lowest BCUT2D eigenvalue weighted by atomic mass is 9.65. The zero-order valence-corrected chi connectivity index (χ0v) is 23.2. The van der Waals surface area contributed by atoms with E-state index >= 15 is 0 Å². The Balaban J connectivity index is 1.47. The van der Waals surface area contributed by atoms with E-state index in [1.165, 1.54) is 66.8 Å². The van der Waals surface area contributed by atoms with E-state index in [2.05, 4.69) is 133 Å². The van der Waals surface area contributed by atoms with E-state index in [0.717, 1.165) is 31.3 Å². The fraction of sp³-hybridized carbons (Fsp3) is 0.154. The Morgan fingerprint density at radius 3 is 2.41 bits per heavy atom. The first-order valence-corrected chi connectivity index (χ1v) is 14.6. The number of hydrogen-bond donors (Lipinski definition) is 0. The van der Waals surface area contributed by atoms with Crippen LogP contribution in [0.15, 0.2) is 120 Å². The van der Waals surface area contributed by atoms with Crippen LogP contribution in [0.5, 0.6) is 0 Å². The highest BCUT2D eigenvalue weighted by atomic mass is 15.0. The predicted octanol–water partition coefficient (Wildman–Crippen LogP) is 9.24. The molecule has 0 aliphatic heterocycles. The van der Waals surface area contributed by atoms with Crippen molar-refractivity contribution in [1.82, 2.24) is 4.57 Å². The van der Waals surface area contributed by atoms with Crippen molar-refractivity contribution in [1.29, 1.82) is 5.26 Å². The zero-order valence-electron chi connectivity index (χ0n) is 23.2. The van der Waals surface area contributed by atoms with Gasteiger partial charge in [0.2, 0.25) is 0 Å². The van der Waals surface area contributed by atoms with Gasteiger partial charge in [0.05, 0.1) is 17.0 Å². The van der Waals surface area contributed by atoms with Crippen molar-refractivity contribution in [3.63, 3.8) is 0 Å². The van der Waals surface area contributed by atoms with E-state index < -0.39 is 5.41 Å². The van der Waals surface area contributed by atoms with Gasteiger partial charge in [-0.2, -0.15) is 5.26 Å². The predicted molar refractivity (Wildman–Crippen MR) is 168 cm³/mol. The van der Waals surface area contributed by atoms with Crippen LogP contribution in [0.3, 0.4) is 0 Å². The third-order valence-corrected chi connectivity index (χ3v) is 9.38. The summed E-state index contributed by atoms with van der Waals surface area (Å²) >= 11 is 0. The minimum atomic E-state index is -0.411. The Labute approximate surface area is 241 Å². The normalized spacial score (nSPS) is 19.0. The molecule has 1 unspecified atom stereocenters. The fourth-order valence-electron chi connectivity index (χ4n) is 7.61. The number of nitrogens with zero attached hydrogens (tertiary/aromatic N) is 2. The van der Waals surface area contributed by atoms with Crippen LogP contribution in [-0.2, 0) is 11.8 Å². The maximum atomic E-state index is 9.83. The summed E-state index contributed by atoms with van der Waals surface area (Å²) in [5.41, 5.74) is 14.7. The third kappa shape index (κ3) is 3.36. The Morgan fingerprint density at radius 2 is 1.59 bits per heavy atom. The van der Waals surface area contributed by atoms with E-state index in [4.69, 9.17) is 0 Å². The first kappa shape index (κ1) is 24.0. The molecule has 0 saturated carbocycles. The molecule has 2 heteroatoms. The zero-order chi connectivity index (χ0) is 27.6. The number of para-hydroxylation sites is 1. The highest BCUT2D eigenvalue weighted by Gasteiger charge is 2.48. The van der Waals surface area contributed by atoms with E-state index in [1.54, 1.807) is 0 Å². The maximum Gasteiger partial charge on any atom is 0.0947 e. The van der Waals surface area contributed by atoms with Gasteiger partial charge >= 0.3 is 0 Å². The number of allylic oxidation sites excluding steroid dienone is 5. The summed E-state index contributed by atoms with van der Waals surface area (Å²) in [6.07, 6.45) is 10.6. The summed E-state index contributed by atoms with van der Waals surface area (Å²) in [5.74, 6) is 0. The van der Waals surface area contributed by atoms with Crippen LogP contribution in [-0.4, -0.2) is 4.57 Å². The van der Waals surface area contributed by atoms with Crippen LogP contribution < -0.4 is 0 Å². The standard InChI is InChI=1S/C39H30N2/c1-26-15-18-28(19-16-26)39(35-13-7-5-11-31(35)33-23-27(25-40)17-21-36(33)39)29-20-22-38-34(24-29)32-12-6-8-14-37(32)41(38)30-9-3-2-4-10-30/h2-7,9-13,15-16,18-20,22-24H,8,14,17,21H2,1H3. The number of aromatic nitrogens is 1. The molecule has 1 heterocycles. The molecular formula is C39H30N2. The second-order valence-corrected chi connectivity index (χ2v) is 11.5. The average Bonchev–Trinajstić information content (AvgIpc) is 3.52. The molecule has 2 nitrogen and oxygen atoms in total. The second-order valence-electron chi connectivity index (χ2n) is 11.5. The molecule has 0 saturated heterocycles. The van der Waals surface area contributed by atoms with Gasteiger partial charge in [0.1, 0.15) is 0 Å². The van der Waals surface area contributed by atoms with Crippen LogP contribution in [0.2, 0.25) is 0 Å². The van der Waals surface area contributed by atoms with Gasteiger partial charge in [0.25, 0.3) is 0 Å².